The second-order valence-corrected chi connectivity index (χ2v) is 4.59. The lowest BCUT2D eigenvalue weighted by atomic mass is 10.1. The fraction of sp³-hybridized carbons (Fsp3) is 0.667. The average molecular weight is 222 g/mol. The van der Waals surface area contributed by atoms with E-state index in [1.165, 1.54) is 12.8 Å². The molecule has 2 rings (SSSR count). The first-order valence-electron chi connectivity index (χ1n) is 5.78. The van der Waals surface area contributed by atoms with Crippen LogP contribution in [0.5, 0.6) is 0 Å². The fourth-order valence-corrected chi connectivity index (χ4v) is 1.88. The van der Waals surface area contributed by atoms with E-state index >= 15 is 0 Å². The van der Waals surface area contributed by atoms with Crippen LogP contribution in [0.3, 0.4) is 0 Å². The standard InChI is InChI=1S/C12H18N2O2/c1-7(10-4-5-10)12(15)13-6-11-8(2)14-9(3)16-11/h7,10H,4-6H2,1-3H3,(H,13,15). The van der Waals surface area contributed by atoms with Crippen molar-refractivity contribution in [3.8, 4) is 0 Å². The van der Waals surface area contributed by atoms with E-state index in [9.17, 15) is 4.79 Å². The maximum absolute atomic E-state index is 11.7. The summed E-state index contributed by atoms with van der Waals surface area (Å²) in [5.74, 6) is 2.25. The van der Waals surface area contributed by atoms with Gasteiger partial charge in [0.05, 0.1) is 12.2 Å². The summed E-state index contributed by atoms with van der Waals surface area (Å²) >= 11 is 0. The molecule has 1 amide bonds. The molecule has 1 saturated carbocycles. The van der Waals surface area contributed by atoms with Crippen molar-refractivity contribution in [2.75, 3.05) is 0 Å². The second kappa shape index (κ2) is 4.28. The molecule has 88 valence electrons. The maximum Gasteiger partial charge on any atom is 0.223 e. The molecule has 1 fully saturated rings. The van der Waals surface area contributed by atoms with Crippen molar-refractivity contribution >= 4 is 5.91 Å². The highest BCUT2D eigenvalue weighted by Gasteiger charge is 2.32. The Bertz CT molecular complexity index is 394. The van der Waals surface area contributed by atoms with Crippen LogP contribution in [0.15, 0.2) is 4.42 Å². The third-order valence-corrected chi connectivity index (χ3v) is 3.17. The largest absolute Gasteiger partial charge is 0.444 e. The normalized spacial score (nSPS) is 17.2. The molecule has 0 saturated heterocycles. The van der Waals surface area contributed by atoms with Crippen molar-refractivity contribution in [2.45, 2.75) is 40.2 Å². The van der Waals surface area contributed by atoms with Gasteiger partial charge in [0.15, 0.2) is 5.89 Å². The molecule has 0 aromatic carbocycles. The minimum absolute atomic E-state index is 0.121. The monoisotopic (exact) mass is 222 g/mol. The average Bonchev–Trinajstić information content (AvgIpc) is 3.01. The SMILES string of the molecule is Cc1nc(C)c(CNC(=O)C(C)C2CC2)o1. The highest BCUT2D eigenvalue weighted by molar-refractivity contribution is 5.78. The van der Waals surface area contributed by atoms with Gasteiger partial charge in [-0.25, -0.2) is 4.98 Å². The summed E-state index contributed by atoms with van der Waals surface area (Å²) in [5, 5.41) is 2.90. The Kier molecular flexibility index (Phi) is 2.99. The molecule has 0 spiro atoms. The molecule has 0 aliphatic heterocycles. The first-order valence-corrected chi connectivity index (χ1v) is 5.78. The molecule has 1 aliphatic rings. The van der Waals surface area contributed by atoms with Crippen molar-refractivity contribution in [3.05, 3.63) is 17.3 Å². The van der Waals surface area contributed by atoms with Gasteiger partial charge >= 0.3 is 0 Å². The molecule has 1 unspecified atom stereocenters. The van der Waals surface area contributed by atoms with E-state index in [1.807, 2.05) is 20.8 Å². The number of amides is 1. The Hall–Kier alpha value is -1.32. The zero-order valence-electron chi connectivity index (χ0n) is 10.0. The van der Waals surface area contributed by atoms with Gasteiger partial charge in [0, 0.05) is 12.8 Å². The number of nitrogens with one attached hydrogen (secondary N) is 1. The summed E-state index contributed by atoms with van der Waals surface area (Å²) in [6.07, 6.45) is 2.38. The zero-order valence-corrected chi connectivity index (χ0v) is 10.0. The topological polar surface area (TPSA) is 55.1 Å². The zero-order chi connectivity index (χ0) is 11.7. The van der Waals surface area contributed by atoms with Gasteiger partial charge in [0.25, 0.3) is 0 Å². The van der Waals surface area contributed by atoms with Crippen LogP contribution in [-0.2, 0) is 11.3 Å². The molecular formula is C12H18N2O2. The van der Waals surface area contributed by atoms with Crippen LogP contribution in [-0.4, -0.2) is 10.9 Å². The van der Waals surface area contributed by atoms with Crippen LogP contribution in [0, 0.1) is 25.7 Å². The lowest BCUT2D eigenvalue weighted by Crippen LogP contribution is -2.29. The van der Waals surface area contributed by atoms with Crippen molar-refractivity contribution in [1.82, 2.24) is 10.3 Å². The van der Waals surface area contributed by atoms with Crippen molar-refractivity contribution < 1.29 is 9.21 Å². The van der Waals surface area contributed by atoms with E-state index in [0.717, 1.165) is 11.5 Å². The van der Waals surface area contributed by atoms with Gasteiger partial charge in [-0.15, -0.1) is 0 Å². The van der Waals surface area contributed by atoms with Gasteiger partial charge in [-0.05, 0) is 25.7 Å². The summed E-state index contributed by atoms with van der Waals surface area (Å²) in [4.78, 5) is 15.9. The molecule has 1 N–H and O–H groups in total. The summed E-state index contributed by atoms with van der Waals surface area (Å²) in [7, 11) is 0. The summed E-state index contributed by atoms with van der Waals surface area (Å²) in [6, 6.07) is 0. The molecule has 4 nitrogen and oxygen atoms in total. The number of hydrogen-bond acceptors (Lipinski definition) is 3. The number of aromatic nitrogens is 1. The molecule has 1 aromatic heterocycles. The molecule has 4 heteroatoms. The first-order chi connectivity index (χ1) is 7.58. The third-order valence-electron chi connectivity index (χ3n) is 3.17. The van der Waals surface area contributed by atoms with Gasteiger partial charge in [0.2, 0.25) is 5.91 Å². The Morgan fingerprint density at radius 1 is 1.56 bits per heavy atom. The Balaban J connectivity index is 1.86. The number of oxazole rings is 1. The summed E-state index contributed by atoms with van der Waals surface area (Å²) in [5.41, 5.74) is 0.858. The minimum Gasteiger partial charge on any atom is -0.444 e. The molecule has 1 heterocycles. The lowest BCUT2D eigenvalue weighted by Gasteiger charge is -2.09. The van der Waals surface area contributed by atoms with Crippen LogP contribution >= 0.6 is 0 Å². The number of carbonyl (C=O) groups excluding carboxylic acids is 1. The van der Waals surface area contributed by atoms with Crippen molar-refractivity contribution in [3.63, 3.8) is 0 Å². The van der Waals surface area contributed by atoms with Gasteiger partial charge in [-0.2, -0.15) is 0 Å². The van der Waals surface area contributed by atoms with Crippen molar-refractivity contribution in [1.29, 1.82) is 0 Å². The van der Waals surface area contributed by atoms with E-state index in [-0.39, 0.29) is 11.8 Å². The molecule has 16 heavy (non-hydrogen) atoms. The number of rotatable bonds is 4. The van der Waals surface area contributed by atoms with Gasteiger partial charge in [-0.1, -0.05) is 6.92 Å². The molecule has 1 aromatic rings. The van der Waals surface area contributed by atoms with Crippen molar-refractivity contribution in [2.24, 2.45) is 11.8 Å². The van der Waals surface area contributed by atoms with Crippen LogP contribution in [0.4, 0.5) is 0 Å². The first kappa shape index (κ1) is 11.2. The number of aryl methyl sites for hydroxylation is 2. The lowest BCUT2D eigenvalue weighted by molar-refractivity contribution is -0.125. The maximum atomic E-state index is 11.7. The van der Waals surface area contributed by atoms with Crippen LogP contribution in [0.2, 0.25) is 0 Å². The Morgan fingerprint density at radius 2 is 2.25 bits per heavy atom. The molecule has 0 radical (unpaired) electrons. The fourth-order valence-electron chi connectivity index (χ4n) is 1.88. The Morgan fingerprint density at radius 3 is 2.75 bits per heavy atom. The van der Waals surface area contributed by atoms with Crippen LogP contribution < -0.4 is 5.32 Å². The predicted octanol–water partition coefficient (Wildman–Crippen LogP) is 1.95. The van der Waals surface area contributed by atoms with E-state index in [4.69, 9.17) is 4.42 Å². The Labute approximate surface area is 95.4 Å². The highest BCUT2D eigenvalue weighted by atomic mass is 16.4. The van der Waals surface area contributed by atoms with E-state index in [1.54, 1.807) is 0 Å². The minimum atomic E-state index is 0.121. The molecule has 0 bridgehead atoms. The van der Waals surface area contributed by atoms with E-state index < -0.39 is 0 Å². The number of nitrogens with zero attached hydrogens (tertiary/aromatic N) is 1. The van der Waals surface area contributed by atoms with E-state index in [0.29, 0.717) is 18.4 Å². The number of hydrogen-bond donors (Lipinski definition) is 1. The van der Waals surface area contributed by atoms with E-state index in [2.05, 4.69) is 10.3 Å². The predicted molar refractivity (Wildman–Crippen MR) is 59.7 cm³/mol. The third kappa shape index (κ3) is 2.43. The molecular weight excluding hydrogens is 204 g/mol. The summed E-state index contributed by atoms with van der Waals surface area (Å²) < 4.78 is 5.39. The second-order valence-electron chi connectivity index (χ2n) is 4.59. The quantitative estimate of drug-likeness (QED) is 0.847. The van der Waals surface area contributed by atoms with Crippen LogP contribution in [0.1, 0.15) is 37.1 Å². The van der Waals surface area contributed by atoms with Crippen LogP contribution in [0.25, 0.3) is 0 Å². The number of carbonyl (C=O) groups is 1. The smallest absolute Gasteiger partial charge is 0.223 e. The molecule has 1 atom stereocenters. The molecule has 1 aliphatic carbocycles. The van der Waals surface area contributed by atoms with Gasteiger partial charge < -0.3 is 9.73 Å². The highest BCUT2D eigenvalue weighted by Crippen LogP contribution is 2.36. The van der Waals surface area contributed by atoms with Gasteiger partial charge in [0.1, 0.15) is 5.76 Å². The summed E-state index contributed by atoms with van der Waals surface area (Å²) in [6.45, 7) is 6.14. The van der Waals surface area contributed by atoms with Gasteiger partial charge in [-0.3, -0.25) is 4.79 Å².